The SMILES string of the molecule is CCC(NCc1ccsc1)c1ccccc1OC. The second-order valence-electron chi connectivity index (χ2n) is 4.22. The lowest BCUT2D eigenvalue weighted by molar-refractivity contribution is 0.396. The van der Waals surface area contributed by atoms with Gasteiger partial charge in [-0.1, -0.05) is 25.1 Å². The van der Waals surface area contributed by atoms with Crippen LogP contribution in [0.3, 0.4) is 0 Å². The van der Waals surface area contributed by atoms with E-state index >= 15 is 0 Å². The van der Waals surface area contributed by atoms with Crippen molar-refractivity contribution in [1.82, 2.24) is 5.32 Å². The van der Waals surface area contributed by atoms with Crippen molar-refractivity contribution >= 4 is 11.3 Å². The van der Waals surface area contributed by atoms with Crippen LogP contribution in [0.4, 0.5) is 0 Å². The van der Waals surface area contributed by atoms with Crippen LogP contribution in [-0.4, -0.2) is 7.11 Å². The normalized spacial score (nSPS) is 12.3. The maximum absolute atomic E-state index is 5.43. The molecule has 2 aromatic rings. The first-order valence-corrected chi connectivity index (χ1v) is 7.16. The summed E-state index contributed by atoms with van der Waals surface area (Å²) in [5, 5.41) is 7.88. The number of thiophene rings is 1. The molecule has 1 unspecified atom stereocenters. The molecule has 96 valence electrons. The molecule has 1 aromatic heterocycles. The fourth-order valence-electron chi connectivity index (χ4n) is 2.06. The van der Waals surface area contributed by atoms with Gasteiger partial charge in [0.05, 0.1) is 7.11 Å². The van der Waals surface area contributed by atoms with Crippen molar-refractivity contribution in [3.63, 3.8) is 0 Å². The van der Waals surface area contributed by atoms with E-state index in [1.54, 1.807) is 18.4 Å². The number of ether oxygens (including phenoxy) is 1. The van der Waals surface area contributed by atoms with Crippen LogP contribution in [-0.2, 0) is 6.54 Å². The summed E-state index contributed by atoms with van der Waals surface area (Å²) >= 11 is 1.74. The zero-order chi connectivity index (χ0) is 12.8. The van der Waals surface area contributed by atoms with Gasteiger partial charge in [0.1, 0.15) is 5.75 Å². The summed E-state index contributed by atoms with van der Waals surface area (Å²) in [5.41, 5.74) is 2.58. The lowest BCUT2D eigenvalue weighted by atomic mass is 10.0. The Labute approximate surface area is 113 Å². The van der Waals surface area contributed by atoms with Gasteiger partial charge in [-0.15, -0.1) is 0 Å². The lowest BCUT2D eigenvalue weighted by Gasteiger charge is -2.19. The molecule has 0 radical (unpaired) electrons. The van der Waals surface area contributed by atoms with E-state index in [2.05, 4.69) is 41.2 Å². The van der Waals surface area contributed by atoms with Gasteiger partial charge in [0.2, 0.25) is 0 Å². The van der Waals surface area contributed by atoms with Gasteiger partial charge in [0.25, 0.3) is 0 Å². The molecule has 0 aliphatic heterocycles. The molecular weight excluding hydrogens is 242 g/mol. The Hall–Kier alpha value is -1.32. The fourth-order valence-corrected chi connectivity index (χ4v) is 2.73. The molecule has 0 aliphatic carbocycles. The van der Waals surface area contributed by atoms with Crippen LogP contribution in [0.15, 0.2) is 41.1 Å². The van der Waals surface area contributed by atoms with Crippen molar-refractivity contribution in [2.24, 2.45) is 0 Å². The summed E-state index contributed by atoms with van der Waals surface area (Å²) in [6.07, 6.45) is 1.05. The van der Waals surface area contributed by atoms with Crippen LogP contribution in [0, 0.1) is 0 Å². The molecule has 0 amide bonds. The molecule has 1 atom stereocenters. The Morgan fingerprint density at radius 1 is 1.28 bits per heavy atom. The Balaban J connectivity index is 2.08. The zero-order valence-corrected chi connectivity index (χ0v) is 11.7. The van der Waals surface area contributed by atoms with Crippen LogP contribution < -0.4 is 10.1 Å². The maximum Gasteiger partial charge on any atom is 0.123 e. The smallest absolute Gasteiger partial charge is 0.123 e. The predicted octanol–water partition coefficient (Wildman–Crippen LogP) is 4.00. The highest BCUT2D eigenvalue weighted by atomic mass is 32.1. The molecule has 0 aliphatic rings. The summed E-state index contributed by atoms with van der Waals surface area (Å²) in [6, 6.07) is 10.7. The van der Waals surface area contributed by atoms with Gasteiger partial charge in [0.15, 0.2) is 0 Å². The zero-order valence-electron chi connectivity index (χ0n) is 10.8. The molecule has 2 nitrogen and oxygen atoms in total. The highest BCUT2D eigenvalue weighted by Crippen LogP contribution is 2.27. The van der Waals surface area contributed by atoms with Crippen molar-refractivity contribution < 1.29 is 4.74 Å². The number of rotatable bonds is 6. The minimum absolute atomic E-state index is 0.334. The van der Waals surface area contributed by atoms with Crippen molar-refractivity contribution in [2.45, 2.75) is 25.9 Å². The molecule has 2 rings (SSSR count). The number of para-hydroxylation sites is 1. The second kappa shape index (κ2) is 6.57. The third-order valence-corrected chi connectivity index (χ3v) is 3.79. The highest BCUT2D eigenvalue weighted by Gasteiger charge is 2.13. The van der Waals surface area contributed by atoms with E-state index in [4.69, 9.17) is 4.74 Å². The molecule has 0 spiro atoms. The van der Waals surface area contributed by atoms with Gasteiger partial charge in [-0.25, -0.2) is 0 Å². The van der Waals surface area contributed by atoms with Gasteiger partial charge in [-0.05, 0) is 34.9 Å². The highest BCUT2D eigenvalue weighted by molar-refractivity contribution is 7.07. The van der Waals surface area contributed by atoms with Crippen LogP contribution in [0.2, 0.25) is 0 Å². The minimum Gasteiger partial charge on any atom is -0.496 e. The van der Waals surface area contributed by atoms with E-state index in [1.807, 2.05) is 12.1 Å². The molecule has 3 heteroatoms. The molecule has 1 aromatic carbocycles. The lowest BCUT2D eigenvalue weighted by Crippen LogP contribution is -2.20. The first-order chi connectivity index (χ1) is 8.85. The van der Waals surface area contributed by atoms with Gasteiger partial charge >= 0.3 is 0 Å². The largest absolute Gasteiger partial charge is 0.496 e. The van der Waals surface area contributed by atoms with Crippen molar-refractivity contribution in [3.05, 3.63) is 52.2 Å². The average molecular weight is 261 g/mol. The quantitative estimate of drug-likeness (QED) is 0.848. The van der Waals surface area contributed by atoms with E-state index in [-0.39, 0.29) is 0 Å². The Morgan fingerprint density at radius 3 is 2.78 bits per heavy atom. The van der Waals surface area contributed by atoms with Crippen LogP contribution >= 0.6 is 11.3 Å². The number of hydrogen-bond acceptors (Lipinski definition) is 3. The van der Waals surface area contributed by atoms with Gasteiger partial charge < -0.3 is 10.1 Å². The number of hydrogen-bond donors (Lipinski definition) is 1. The summed E-state index contributed by atoms with van der Waals surface area (Å²) in [4.78, 5) is 0. The number of nitrogens with one attached hydrogen (secondary N) is 1. The van der Waals surface area contributed by atoms with Gasteiger partial charge in [-0.2, -0.15) is 11.3 Å². The Bertz CT molecular complexity index is 467. The van der Waals surface area contributed by atoms with Crippen molar-refractivity contribution in [3.8, 4) is 5.75 Å². The first kappa shape index (κ1) is 13.1. The topological polar surface area (TPSA) is 21.3 Å². The molecular formula is C15H19NOS. The van der Waals surface area contributed by atoms with E-state index in [1.165, 1.54) is 11.1 Å². The van der Waals surface area contributed by atoms with E-state index < -0.39 is 0 Å². The average Bonchev–Trinajstić information content (AvgIpc) is 2.93. The number of methoxy groups -OCH3 is 1. The van der Waals surface area contributed by atoms with Crippen LogP contribution in [0.5, 0.6) is 5.75 Å². The third kappa shape index (κ3) is 3.12. The second-order valence-corrected chi connectivity index (χ2v) is 5.00. The summed E-state index contributed by atoms with van der Waals surface area (Å²) in [6.45, 7) is 3.10. The fraction of sp³-hybridized carbons (Fsp3) is 0.333. The summed E-state index contributed by atoms with van der Waals surface area (Å²) in [7, 11) is 1.73. The van der Waals surface area contributed by atoms with Gasteiger partial charge in [-0.3, -0.25) is 0 Å². The van der Waals surface area contributed by atoms with Crippen molar-refractivity contribution in [1.29, 1.82) is 0 Å². The predicted molar refractivity (Wildman–Crippen MR) is 77.2 cm³/mol. The molecule has 0 saturated carbocycles. The molecule has 0 fully saturated rings. The number of benzene rings is 1. The Morgan fingerprint density at radius 2 is 2.11 bits per heavy atom. The molecule has 1 N–H and O–H groups in total. The first-order valence-electron chi connectivity index (χ1n) is 6.22. The maximum atomic E-state index is 5.43. The molecule has 0 bridgehead atoms. The summed E-state index contributed by atoms with van der Waals surface area (Å²) in [5.74, 6) is 0.960. The van der Waals surface area contributed by atoms with Crippen LogP contribution in [0.25, 0.3) is 0 Å². The standard InChI is InChI=1S/C15H19NOS/c1-3-14(16-10-12-8-9-18-11-12)13-6-4-5-7-15(13)17-2/h4-9,11,14,16H,3,10H2,1-2H3. The molecule has 1 heterocycles. The van der Waals surface area contributed by atoms with E-state index in [0.717, 1.165) is 18.7 Å². The van der Waals surface area contributed by atoms with E-state index in [0.29, 0.717) is 6.04 Å². The van der Waals surface area contributed by atoms with Gasteiger partial charge in [0, 0.05) is 18.2 Å². The molecule has 0 saturated heterocycles. The minimum atomic E-state index is 0.334. The summed E-state index contributed by atoms with van der Waals surface area (Å²) < 4.78 is 5.43. The Kier molecular flexibility index (Phi) is 4.79. The van der Waals surface area contributed by atoms with Crippen molar-refractivity contribution in [2.75, 3.05) is 7.11 Å². The third-order valence-electron chi connectivity index (χ3n) is 3.06. The van der Waals surface area contributed by atoms with Crippen LogP contribution in [0.1, 0.15) is 30.5 Å². The molecule has 18 heavy (non-hydrogen) atoms. The monoisotopic (exact) mass is 261 g/mol. The van der Waals surface area contributed by atoms with E-state index in [9.17, 15) is 0 Å².